The summed E-state index contributed by atoms with van der Waals surface area (Å²) in [6, 6.07) is 2.00. The van der Waals surface area contributed by atoms with Crippen LogP contribution in [0.2, 0.25) is 0 Å². The molecule has 1 saturated carbocycles. The zero-order chi connectivity index (χ0) is 10.7. The summed E-state index contributed by atoms with van der Waals surface area (Å²) in [5.74, 6) is 0.879. The fourth-order valence-corrected chi connectivity index (χ4v) is 2.69. The Morgan fingerprint density at radius 3 is 2.87 bits per heavy atom. The molecule has 82 valence electrons. The number of aldehydes is 1. The van der Waals surface area contributed by atoms with Crippen molar-refractivity contribution in [2.75, 3.05) is 18.0 Å². The average Bonchev–Trinajstić information content (AvgIpc) is 2.65. The molecule has 3 heteroatoms. The van der Waals surface area contributed by atoms with Gasteiger partial charge in [-0.25, -0.2) is 0 Å². The van der Waals surface area contributed by atoms with Crippen molar-refractivity contribution >= 4 is 23.3 Å². The van der Waals surface area contributed by atoms with Gasteiger partial charge in [-0.1, -0.05) is 6.42 Å². The summed E-state index contributed by atoms with van der Waals surface area (Å²) >= 11 is 1.54. The molecule has 0 unspecified atom stereocenters. The molecule has 0 amide bonds. The minimum atomic E-state index is 0.831. The van der Waals surface area contributed by atoms with Gasteiger partial charge in [0.25, 0.3) is 0 Å². The van der Waals surface area contributed by atoms with Gasteiger partial charge in [0.15, 0.2) is 6.29 Å². The van der Waals surface area contributed by atoms with Gasteiger partial charge in [-0.3, -0.25) is 4.79 Å². The van der Waals surface area contributed by atoms with E-state index in [1.807, 2.05) is 6.07 Å². The number of nitrogens with zero attached hydrogens (tertiary/aromatic N) is 1. The van der Waals surface area contributed by atoms with Gasteiger partial charge in [0, 0.05) is 24.2 Å². The highest BCUT2D eigenvalue weighted by Crippen LogP contribution is 2.30. The maximum atomic E-state index is 10.6. The quantitative estimate of drug-likeness (QED) is 0.714. The van der Waals surface area contributed by atoms with E-state index in [0.717, 1.165) is 30.2 Å². The van der Waals surface area contributed by atoms with Crippen molar-refractivity contribution in [1.82, 2.24) is 0 Å². The molecule has 1 aromatic heterocycles. The Hall–Kier alpha value is -0.830. The highest BCUT2D eigenvalue weighted by molar-refractivity contribution is 7.12. The van der Waals surface area contributed by atoms with Crippen molar-refractivity contribution in [3.63, 3.8) is 0 Å². The smallest absolute Gasteiger partial charge is 0.160 e. The van der Waals surface area contributed by atoms with Crippen LogP contribution in [0.3, 0.4) is 0 Å². The third-order valence-corrected chi connectivity index (χ3v) is 4.02. The molecule has 0 saturated heterocycles. The van der Waals surface area contributed by atoms with Gasteiger partial charge >= 0.3 is 0 Å². The molecule has 0 radical (unpaired) electrons. The number of thiophene rings is 1. The Morgan fingerprint density at radius 2 is 2.40 bits per heavy atom. The van der Waals surface area contributed by atoms with Crippen LogP contribution in [0.25, 0.3) is 0 Å². The van der Waals surface area contributed by atoms with E-state index in [1.165, 1.54) is 36.3 Å². The molecule has 0 bridgehead atoms. The minimum absolute atomic E-state index is 0.831. The predicted octanol–water partition coefficient (Wildman–Crippen LogP) is 3.19. The summed E-state index contributed by atoms with van der Waals surface area (Å²) < 4.78 is 0. The Labute approximate surface area is 94.9 Å². The summed E-state index contributed by atoms with van der Waals surface area (Å²) in [5.41, 5.74) is 1.22. The Bertz CT molecular complexity index is 330. The van der Waals surface area contributed by atoms with Gasteiger partial charge in [-0.2, -0.15) is 0 Å². The minimum Gasteiger partial charge on any atom is -0.371 e. The van der Waals surface area contributed by atoms with Gasteiger partial charge in [-0.05, 0) is 31.7 Å². The maximum absolute atomic E-state index is 10.6. The number of carbonyl (C=O) groups is 1. The summed E-state index contributed by atoms with van der Waals surface area (Å²) in [7, 11) is 0. The number of carbonyl (C=O) groups excluding carboxylic acids is 1. The van der Waals surface area contributed by atoms with Crippen LogP contribution in [0.15, 0.2) is 11.4 Å². The molecule has 1 aliphatic rings. The second-order valence-corrected chi connectivity index (χ2v) is 5.10. The van der Waals surface area contributed by atoms with Crippen LogP contribution in [-0.4, -0.2) is 19.4 Å². The molecule has 1 aromatic rings. The van der Waals surface area contributed by atoms with Crippen molar-refractivity contribution in [3.05, 3.63) is 16.3 Å². The van der Waals surface area contributed by atoms with Crippen molar-refractivity contribution in [1.29, 1.82) is 0 Å². The number of anilines is 1. The summed E-state index contributed by atoms with van der Waals surface area (Å²) in [4.78, 5) is 13.8. The lowest BCUT2D eigenvalue weighted by Crippen LogP contribution is -2.32. The van der Waals surface area contributed by atoms with Crippen LogP contribution in [-0.2, 0) is 0 Å². The van der Waals surface area contributed by atoms with E-state index >= 15 is 0 Å². The molecule has 1 aliphatic carbocycles. The third-order valence-electron chi connectivity index (χ3n) is 3.17. The monoisotopic (exact) mass is 223 g/mol. The van der Waals surface area contributed by atoms with Gasteiger partial charge in [0.2, 0.25) is 0 Å². The summed E-state index contributed by atoms with van der Waals surface area (Å²) in [6.45, 7) is 4.37. The molecule has 0 spiro atoms. The Balaban J connectivity index is 2.00. The van der Waals surface area contributed by atoms with E-state index in [2.05, 4.69) is 17.2 Å². The molecule has 0 N–H and O–H groups in total. The van der Waals surface area contributed by atoms with E-state index in [1.54, 1.807) is 0 Å². The highest BCUT2D eigenvalue weighted by atomic mass is 32.1. The zero-order valence-corrected chi connectivity index (χ0v) is 9.93. The lowest BCUT2D eigenvalue weighted by atomic mass is 9.85. The fraction of sp³-hybridized carbons (Fsp3) is 0.583. The van der Waals surface area contributed by atoms with Crippen LogP contribution in [0.5, 0.6) is 0 Å². The molecule has 15 heavy (non-hydrogen) atoms. The van der Waals surface area contributed by atoms with E-state index in [9.17, 15) is 4.79 Å². The van der Waals surface area contributed by atoms with E-state index in [-0.39, 0.29) is 0 Å². The van der Waals surface area contributed by atoms with Crippen molar-refractivity contribution in [2.45, 2.75) is 26.2 Å². The molecule has 1 fully saturated rings. The number of hydrogen-bond acceptors (Lipinski definition) is 3. The van der Waals surface area contributed by atoms with Crippen LogP contribution < -0.4 is 4.90 Å². The lowest BCUT2D eigenvalue weighted by molar-refractivity contribution is 0.112. The van der Waals surface area contributed by atoms with Crippen LogP contribution in [0.4, 0.5) is 5.69 Å². The molecular weight excluding hydrogens is 206 g/mol. The SMILES string of the molecule is CCN(CC1CCC1)c1csc(C=O)c1. The molecule has 2 nitrogen and oxygen atoms in total. The predicted molar refractivity (Wildman–Crippen MR) is 64.9 cm³/mol. The van der Waals surface area contributed by atoms with Gasteiger partial charge < -0.3 is 4.90 Å². The molecule has 2 rings (SSSR count). The van der Waals surface area contributed by atoms with E-state index in [4.69, 9.17) is 0 Å². The van der Waals surface area contributed by atoms with Crippen LogP contribution in [0.1, 0.15) is 35.9 Å². The van der Waals surface area contributed by atoms with Gasteiger partial charge in [-0.15, -0.1) is 11.3 Å². The Morgan fingerprint density at radius 1 is 1.60 bits per heavy atom. The largest absolute Gasteiger partial charge is 0.371 e. The Kier molecular flexibility index (Phi) is 3.41. The number of rotatable bonds is 5. The first-order valence-corrected chi connectivity index (χ1v) is 6.50. The average molecular weight is 223 g/mol. The topological polar surface area (TPSA) is 20.3 Å². The second-order valence-electron chi connectivity index (χ2n) is 4.16. The third kappa shape index (κ3) is 2.40. The van der Waals surface area contributed by atoms with Gasteiger partial charge in [0.1, 0.15) is 0 Å². The summed E-state index contributed by atoms with van der Waals surface area (Å²) in [5, 5.41) is 2.09. The van der Waals surface area contributed by atoms with Crippen molar-refractivity contribution < 1.29 is 4.79 Å². The summed E-state index contributed by atoms with van der Waals surface area (Å²) in [6.07, 6.45) is 5.08. The second kappa shape index (κ2) is 4.79. The number of hydrogen-bond donors (Lipinski definition) is 0. The first-order chi connectivity index (χ1) is 7.33. The first kappa shape index (κ1) is 10.7. The first-order valence-electron chi connectivity index (χ1n) is 5.62. The normalized spacial score (nSPS) is 16.1. The molecule has 0 aliphatic heterocycles. The molecule has 0 atom stereocenters. The maximum Gasteiger partial charge on any atom is 0.160 e. The molecule has 1 heterocycles. The van der Waals surface area contributed by atoms with E-state index < -0.39 is 0 Å². The standard InChI is InChI=1S/C12H17NOS/c1-2-13(7-10-4-3-5-10)11-6-12(8-14)15-9-11/h6,8-10H,2-5,7H2,1H3. The van der Waals surface area contributed by atoms with Crippen LogP contribution in [0, 0.1) is 5.92 Å². The molecule has 0 aromatic carbocycles. The van der Waals surface area contributed by atoms with Gasteiger partial charge in [0.05, 0.1) is 4.88 Å². The van der Waals surface area contributed by atoms with E-state index in [0.29, 0.717) is 0 Å². The van der Waals surface area contributed by atoms with Crippen molar-refractivity contribution in [3.8, 4) is 0 Å². The fourth-order valence-electron chi connectivity index (χ4n) is 1.97. The van der Waals surface area contributed by atoms with Crippen LogP contribution >= 0.6 is 11.3 Å². The molecular formula is C12H17NOS. The highest BCUT2D eigenvalue weighted by Gasteiger charge is 2.20. The lowest BCUT2D eigenvalue weighted by Gasteiger charge is -2.32. The van der Waals surface area contributed by atoms with Crippen molar-refractivity contribution in [2.24, 2.45) is 5.92 Å². The zero-order valence-electron chi connectivity index (χ0n) is 9.11.